The van der Waals surface area contributed by atoms with Crippen LogP contribution in [0.15, 0.2) is 83.8 Å². The largest absolute Gasteiger partial charge is 0.484 e. The van der Waals surface area contributed by atoms with E-state index >= 15 is 0 Å². The lowest BCUT2D eigenvalue weighted by atomic mass is 9.99. The number of nitrogens with one attached hydrogen (secondary N) is 1. The number of hydrogen-bond donors (Lipinski definition) is 1. The summed E-state index contributed by atoms with van der Waals surface area (Å²) in [6.07, 6.45) is 2.85. The lowest BCUT2D eigenvalue weighted by Crippen LogP contribution is -2.35. The summed E-state index contributed by atoms with van der Waals surface area (Å²) < 4.78 is 33.2. The van der Waals surface area contributed by atoms with Crippen LogP contribution in [0.25, 0.3) is 0 Å². The molecule has 6 nitrogen and oxygen atoms in total. The highest BCUT2D eigenvalue weighted by atomic mass is 32.2. The molecule has 1 heterocycles. The van der Waals surface area contributed by atoms with Crippen LogP contribution in [0.5, 0.6) is 5.75 Å². The molecule has 0 bridgehead atoms. The third-order valence-electron chi connectivity index (χ3n) is 6.03. The summed E-state index contributed by atoms with van der Waals surface area (Å²) in [6.45, 7) is 2.74. The van der Waals surface area contributed by atoms with Crippen LogP contribution in [0.4, 0.5) is 0 Å². The lowest BCUT2D eigenvalue weighted by Gasteiger charge is -2.26. The molecule has 0 aromatic heterocycles. The molecule has 1 saturated heterocycles. The summed E-state index contributed by atoms with van der Waals surface area (Å²) >= 11 is 0. The van der Waals surface area contributed by atoms with Crippen LogP contribution in [-0.2, 0) is 14.8 Å². The van der Waals surface area contributed by atoms with E-state index < -0.39 is 10.0 Å². The molecule has 0 saturated carbocycles. The highest BCUT2D eigenvalue weighted by molar-refractivity contribution is 7.89. The minimum absolute atomic E-state index is 0.171. The number of carbonyl (C=O) groups is 1. The van der Waals surface area contributed by atoms with E-state index in [2.05, 4.69) is 5.32 Å². The maximum absolute atomic E-state index is 12.9. The second-order valence-corrected chi connectivity index (χ2v) is 10.4. The normalized spacial score (nSPS) is 14.6. The van der Waals surface area contributed by atoms with E-state index in [1.165, 1.54) is 0 Å². The number of sulfonamides is 1. The van der Waals surface area contributed by atoms with Gasteiger partial charge >= 0.3 is 0 Å². The molecule has 3 aromatic rings. The second kappa shape index (κ2) is 10.8. The van der Waals surface area contributed by atoms with Crippen molar-refractivity contribution in [1.29, 1.82) is 0 Å². The van der Waals surface area contributed by atoms with E-state index in [1.54, 1.807) is 29.4 Å². The zero-order chi connectivity index (χ0) is 24.0. The molecule has 1 aliphatic rings. The molecule has 0 spiro atoms. The molecule has 3 aromatic carbocycles. The molecule has 0 atom stereocenters. The number of hydrogen-bond acceptors (Lipinski definition) is 4. The van der Waals surface area contributed by atoms with Gasteiger partial charge in [0, 0.05) is 13.1 Å². The van der Waals surface area contributed by atoms with Gasteiger partial charge < -0.3 is 10.1 Å². The molecule has 7 heteroatoms. The number of benzene rings is 3. The number of rotatable bonds is 8. The predicted octanol–water partition coefficient (Wildman–Crippen LogP) is 4.45. The Labute approximate surface area is 201 Å². The number of carbonyl (C=O) groups excluding carboxylic acids is 1. The Morgan fingerprint density at radius 3 is 2.06 bits per heavy atom. The molecule has 1 amide bonds. The predicted molar refractivity (Wildman–Crippen MR) is 132 cm³/mol. The summed E-state index contributed by atoms with van der Waals surface area (Å²) in [5, 5.41) is 3.05. The number of piperidine rings is 1. The first-order chi connectivity index (χ1) is 16.4. The van der Waals surface area contributed by atoms with Gasteiger partial charge in [-0.2, -0.15) is 4.31 Å². The van der Waals surface area contributed by atoms with Gasteiger partial charge in [-0.3, -0.25) is 4.79 Å². The van der Waals surface area contributed by atoms with Crippen LogP contribution < -0.4 is 10.1 Å². The van der Waals surface area contributed by atoms with E-state index in [0.717, 1.165) is 30.4 Å². The van der Waals surface area contributed by atoms with Crippen LogP contribution in [0.1, 0.15) is 42.0 Å². The number of amides is 1. The Balaban J connectivity index is 1.43. The average Bonchev–Trinajstić information content (AvgIpc) is 2.88. The third kappa shape index (κ3) is 5.66. The molecular weight excluding hydrogens is 448 g/mol. The van der Waals surface area contributed by atoms with Gasteiger partial charge in [0.1, 0.15) is 5.75 Å². The zero-order valence-corrected chi connectivity index (χ0v) is 20.1. The standard InChI is InChI=1S/C27H30N2O4S/c1-21-19-24(34(31,32)29-17-9-4-10-18-29)15-16-25(21)33-20-26(30)28-27(22-11-5-2-6-12-22)23-13-7-3-8-14-23/h2-3,5-8,11-16,19,27H,4,9-10,17-18,20H2,1H3,(H,28,30). The number of ether oxygens (including phenoxy) is 1. The third-order valence-corrected chi connectivity index (χ3v) is 7.92. The summed E-state index contributed by atoms with van der Waals surface area (Å²) in [7, 11) is -3.51. The first-order valence-corrected chi connectivity index (χ1v) is 13.0. The lowest BCUT2D eigenvalue weighted by molar-refractivity contribution is -0.123. The van der Waals surface area contributed by atoms with E-state index in [-0.39, 0.29) is 23.5 Å². The van der Waals surface area contributed by atoms with Gasteiger partial charge in [-0.25, -0.2) is 8.42 Å². The van der Waals surface area contributed by atoms with Crippen molar-refractivity contribution in [3.05, 3.63) is 95.6 Å². The van der Waals surface area contributed by atoms with Crippen LogP contribution >= 0.6 is 0 Å². The topological polar surface area (TPSA) is 75.7 Å². The molecule has 1 fully saturated rings. The van der Waals surface area contributed by atoms with Gasteiger partial charge in [-0.15, -0.1) is 0 Å². The molecular formula is C27H30N2O4S. The molecule has 1 N–H and O–H groups in total. The number of nitrogens with zero attached hydrogens (tertiary/aromatic N) is 1. The fourth-order valence-electron chi connectivity index (χ4n) is 4.19. The Hall–Kier alpha value is -3.16. The smallest absolute Gasteiger partial charge is 0.258 e. The highest BCUT2D eigenvalue weighted by Crippen LogP contribution is 2.26. The molecule has 0 unspecified atom stereocenters. The fraction of sp³-hybridized carbons (Fsp3) is 0.296. The minimum Gasteiger partial charge on any atom is -0.484 e. The van der Waals surface area contributed by atoms with E-state index in [0.29, 0.717) is 24.4 Å². The first kappa shape index (κ1) is 24.0. The average molecular weight is 479 g/mol. The van der Waals surface area contributed by atoms with Crippen molar-refractivity contribution in [2.45, 2.75) is 37.1 Å². The van der Waals surface area contributed by atoms with Crippen molar-refractivity contribution in [2.75, 3.05) is 19.7 Å². The first-order valence-electron chi connectivity index (χ1n) is 11.6. The molecule has 34 heavy (non-hydrogen) atoms. The summed E-state index contributed by atoms with van der Waals surface area (Å²) in [5.41, 5.74) is 2.63. The number of aryl methyl sites for hydroxylation is 1. The van der Waals surface area contributed by atoms with Crippen LogP contribution in [-0.4, -0.2) is 38.3 Å². The van der Waals surface area contributed by atoms with Crippen LogP contribution in [0, 0.1) is 6.92 Å². The maximum Gasteiger partial charge on any atom is 0.258 e. The highest BCUT2D eigenvalue weighted by Gasteiger charge is 2.26. The Bertz CT molecular complexity index is 1170. The van der Waals surface area contributed by atoms with E-state index in [9.17, 15) is 13.2 Å². The monoisotopic (exact) mass is 478 g/mol. The van der Waals surface area contributed by atoms with Crippen molar-refractivity contribution in [3.63, 3.8) is 0 Å². The minimum atomic E-state index is -3.51. The molecule has 178 valence electrons. The van der Waals surface area contributed by atoms with Crippen LogP contribution in [0.2, 0.25) is 0 Å². The van der Waals surface area contributed by atoms with Crippen molar-refractivity contribution in [1.82, 2.24) is 9.62 Å². The van der Waals surface area contributed by atoms with Crippen LogP contribution in [0.3, 0.4) is 0 Å². The van der Waals surface area contributed by atoms with E-state index in [4.69, 9.17) is 4.74 Å². The molecule has 1 aliphatic heterocycles. The van der Waals surface area contributed by atoms with Crippen molar-refractivity contribution >= 4 is 15.9 Å². The summed E-state index contributed by atoms with van der Waals surface area (Å²) in [5.74, 6) is 0.228. The van der Waals surface area contributed by atoms with Crippen molar-refractivity contribution < 1.29 is 17.9 Å². The van der Waals surface area contributed by atoms with Crippen molar-refractivity contribution in [3.8, 4) is 5.75 Å². The zero-order valence-electron chi connectivity index (χ0n) is 19.3. The van der Waals surface area contributed by atoms with Gasteiger partial charge in [-0.05, 0) is 54.7 Å². The van der Waals surface area contributed by atoms with Gasteiger partial charge in [-0.1, -0.05) is 67.1 Å². The van der Waals surface area contributed by atoms with Crippen molar-refractivity contribution in [2.24, 2.45) is 0 Å². The maximum atomic E-state index is 12.9. The van der Waals surface area contributed by atoms with Gasteiger partial charge in [0.25, 0.3) is 5.91 Å². The quantitative estimate of drug-likeness (QED) is 0.519. The fourth-order valence-corrected chi connectivity index (χ4v) is 5.80. The molecule has 0 radical (unpaired) electrons. The second-order valence-electron chi connectivity index (χ2n) is 8.50. The Morgan fingerprint density at radius 1 is 0.912 bits per heavy atom. The molecule has 0 aliphatic carbocycles. The van der Waals surface area contributed by atoms with Gasteiger partial charge in [0.2, 0.25) is 10.0 Å². The Kier molecular flexibility index (Phi) is 7.65. The Morgan fingerprint density at radius 2 is 1.50 bits per heavy atom. The van der Waals surface area contributed by atoms with Gasteiger partial charge in [0.05, 0.1) is 10.9 Å². The van der Waals surface area contributed by atoms with E-state index in [1.807, 2.05) is 60.7 Å². The SMILES string of the molecule is Cc1cc(S(=O)(=O)N2CCCCC2)ccc1OCC(=O)NC(c1ccccc1)c1ccccc1. The van der Waals surface area contributed by atoms with Gasteiger partial charge in [0.15, 0.2) is 6.61 Å². The summed E-state index contributed by atoms with van der Waals surface area (Å²) in [4.78, 5) is 13.0. The molecule has 4 rings (SSSR count). The summed E-state index contributed by atoms with van der Waals surface area (Å²) in [6, 6.07) is 24.1.